The molecule has 5 aliphatic heterocycles. The van der Waals surface area contributed by atoms with Crippen molar-refractivity contribution in [1.82, 2.24) is 0 Å². The van der Waals surface area contributed by atoms with Gasteiger partial charge in [0.2, 0.25) is 0 Å². The molecule has 132 heavy (non-hydrogen) atoms. The van der Waals surface area contributed by atoms with Crippen molar-refractivity contribution in [2.45, 2.75) is 140 Å². The molecule has 22 rings (SSSR count). The third kappa shape index (κ3) is 12.5. The first-order valence-electron chi connectivity index (χ1n) is 41.7. The van der Waals surface area contributed by atoms with Crippen molar-refractivity contribution in [1.29, 1.82) is 31.6 Å². The molecule has 1 atom stereocenters. The van der Waals surface area contributed by atoms with Gasteiger partial charge in [-0.3, -0.25) is 0 Å². The fourth-order valence-corrected chi connectivity index (χ4v) is 21.8. The Morgan fingerprint density at radius 2 is 0.568 bits per heavy atom. The number of nitriles is 6. The van der Waals surface area contributed by atoms with Gasteiger partial charge >= 0.3 is 0 Å². The van der Waals surface area contributed by atoms with Crippen LogP contribution in [0.5, 0.6) is 92.0 Å². The number of hydrogen-bond acceptors (Lipinski definition) is 28. The number of phenolic OH excluding ortho intramolecular Hbond substituents is 8. The van der Waals surface area contributed by atoms with Crippen molar-refractivity contribution in [3.05, 3.63) is 220 Å². The summed E-state index contributed by atoms with van der Waals surface area (Å²) in [6.07, 6.45) is 3.05. The Balaban J connectivity index is 0.000000150. The Morgan fingerprint density at radius 3 is 0.932 bits per heavy atom. The van der Waals surface area contributed by atoms with Crippen molar-refractivity contribution < 1.29 is 105 Å². The third-order valence-electron chi connectivity index (χ3n) is 27.2. The summed E-state index contributed by atoms with van der Waals surface area (Å²) in [6.45, 7) is 20.9. The zero-order valence-electron chi connectivity index (χ0n) is 73.0. The second-order valence-corrected chi connectivity index (χ2v) is 37.0. The minimum absolute atomic E-state index is 0.0182. The lowest BCUT2D eigenvalue weighted by atomic mass is 9.72. The average molecular weight is 1790 g/mol. The van der Waals surface area contributed by atoms with Crippen molar-refractivity contribution >= 4 is 67.4 Å². The molecule has 7 heterocycles. The second kappa shape index (κ2) is 29.6. The molecule has 666 valence electrons. The van der Waals surface area contributed by atoms with E-state index in [-0.39, 0.29) is 141 Å². The van der Waals surface area contributed by atoms with E-state index in [0.717, 1.165) is 114 Å². The lowest BCUT2D eigenvalue weighted by Gasteiger charge is -2.44. The predicted molar refractivity (Wildman–Crippen MR) is 469 cm³/mol. The van der Waals surface area contributed by atoms with E-state index in [9.17, 15) is 79.5 Å². The van der Waals surface area contributed by atoms with Gasteiger partial charge in [0.25, 0.3) is 0 Å². The minimum atomic E-state index is -1.86. The maximum absolute atomic E-state index is 12.7. The number of hydrogen-bond donors (Lipinski definition) is 8. The van der Waals surface area contributed by atoms with E-state index in [1.807, 2.05) is 48.5 Å². The number of anilines is 4. The molecular weight excluding hydrogens is 1710 g/mol. The summed E-state index contributed by atoms with van der Waals surface area (Å²) in [5.74, 6) is -6.05. The van der Waals surface area contributed by atoms with Gasteiger partial charge in [0, 0.05) is 84.0 Å². The smallest absolute Gasteiger partial charge is 0.193 e. The van der Waals surface area contributed by atoms with Crippen LogP contribution in [-0.2, 0) is 58.7 Å². The molecule has 2 aromatic heterocycles. The van der Waals surface area contributed by atoms with Crippen LogP contribution in [-0.4, -0.2) is 82.6 Å². The molecule has 8 N–H and O–H groups in total. The van der Waals surface area contributed by atoms with Gasteiger partial charge in [-0.1, -0.05) is 55.4 Å². The first kappa shape index (κ1) is 85.1. The van der Waals surface area contributed by atoms with Crippen LogP contribution in [0.4, 0.5) is 40.3 Å². The van der Waals surface area contributed by atoms with Crippen molar-refractivity contribution in [2.24, 2.45) is 0 Å². The summed E-state index contributed by atoms with van der Waals surface area (Å²) in [7, 11) is 6.05. The number of nitrogens with zero attached hydrogens (tertiary/aromatic N) is 10. The molecule has 28 nitrogen and oxygen atoms in total. The molecule has 0 saturated carbocycles. The van der Waals surface area contributed by atoms with Gasteiger partial charge in [0.1, 0.15) is 69.8 Å². The molecule has 4 aliphatic carbocycles. The number of phenols is 8. The molecule has 0 amide bonds. The summed E-state index contributed by atoms with van der Waals surface area (Å²) >= 11 is 0. The van der Waals surface area contributed by atoms with Gasteiger partial charge in [0.15, 0.2) is 160 Å². The topological polar surface area (TPSA) is 425 Å². The molecule has 2 spiro atoms. The molecule has 4 bridgehead atoms. The maximum Gasteiger partial charge on any atom is 0.193 e. The number of halogens is 4. The van der Waals surface area contributed by atoms with Gasteiger partial charge < -0.3 is 107 Å². The monoisotopic (exact) mass is 1780 g/mol. The standard InChI is InChI=1S/C56H42N6O10.C21H24O4.C15H14N2O4.C8F4N2/c1-54(2)23-56(34-13-43-41(11-32(34)54)68-48-28(17-57)46(65-7)47(66-8)29(18-58)49(48)70-43)24-55(3,4)33-12-42-44(14-35(33)56)71-52-31(20-60)53-50(30(19-59)51(52)69-42)67-40-10-27-22-61-25-62(37(27)16-45(40)72-53)21-26-9-38(63-5)39(64-6)15-36(26)61;1-19(2)9-21(13-7-17(24)15(22)5-11(13)19)10-20(3,4)12-6-16(23)18(25)8-14(12)21;18-12-1-8-5-16-7-17(10(8)3-14(12)20)6-9-2-13(19)15(21)4-11(9)16;9-5-3(1-13)6(10)8(12)4(2-14)7(5)11/h9-16H,21-25H2,1-8H3;5-8,22-25H,9-10H2,1-4H3;1-4,18-21H,5-7H2;. The molecule has 9 aliphatic rings. The molecule has 32 heteroatoms. The van der Waals surface area contributed by atoms with Gasteiger partial charge in [-0.2, -0.15) is 31.6 Å². The zero-order valence-corrected chi connectivity index (χ0v) is 73.0. The first-order valence-corrected chi connectivity index (χ1v) is 41.7. The van der Waals surface area contributed by atoms with Crippen molar-refractivity contribution in [3.63, 3.8) is 0 Å². The highest BCUT2D eigenvalue weighted by atomic mass is 19.2. The van der Waals surface area contributed by atoms with Crippen LogP contribution in [0.25, 0.3) is 44.7 Å². The summed E-state index contributed by atoms with van der Waals surface area (Å²) in [5, 5.41) is 138. The van der Waals surface area contributed by atoms with E-state index in [4.69, 9.17) is 56.6 Å². The number of methoxy groups -OCH3 is 4. The number of ether oxygens (including phenoxy) is 6. The van der Waals surface area contributed by atoms with Gasteiger partial charge in [-0.05, 0) is 187 Å². The molecular formula is C100H80F4N10O18. The number of rotatable bonds is 4. The molecule has 1 unspecified atom stereocenters. The van der Waals surface area contributed by atoms with Crippen LogP contribution < -0.4 is 48.0 Å². The largest absolute Gasteiger partial charge is 0.504 e. The molecule has 11 aromatic carbocycles. The molecule has 13 aromatic rings. The van der Waals surface area contributed by atoms with E-state index in [0.29, 0.717) is 97.7 Å². The Morgan fingerprint density at radius 1 is 0.303 bits per heavy atom. The van der Waals surface area contributed by atoms with Gasteiger partial charge in [0.05, 0.1) is 41.8 Å². The summed E-state index contributed by atoms with van der Waals surface area (Å²) in [6, 6.07) is 39.6. The second-order valence-electron chi connectivity index (χ2n) is 37.0. The minimum Gasteiger partial charge on any atom is -0.504 e. The van der Waals surface area contributed by atoms with E-state index in [2.05, 4.69) is 99.3 Å². The van der Waals surface area contributed by atoms with Crippen LogP contribution in [0.15, 0.2) is 115 Å². The fraction of sp³-hybridized carbons (Fsp3) is 0.280. The summed E-state index contributed by atoms with van der Waals surface area (Å²) in [4.78, 5) is 8.61. The molecule has 0 saturated heterocycles. The van der Waals surface area contributed by atoms with E-state index >= 15 is 0 Å². The van der Waals surface area contributed by atoms with Gasteiger partial charge in [-0.25, -0.2) is 17.6 Å². The van der Waals surface area contributed by atoms with Crippen LogP contribution in [0.3, 0.4) is 0 Å². The highest BCUT2D eigenvalue weighted by Crippen LogP contribution is 2.68. The van der Waals surface area contributed by atoms with Crippen molar-refractivity contribution in [3.8, 4) is 128 Å². The Hall–Kier alpha value is -16.3. The van der Waals surface area contributed by atoms with Crippen LogP contribution in [0, 0.1) is 91.3 Å². The first-order chi connectivity index (χ1) is 62.7. The Bertz CT molecular complexity index is 7480. The fourth-order valence-electron chi connectivity index (χ4n) is 21.8. The predicted octanol–water partition coefficient (Wildman–Crippen LogP) is 20.1. The Kier molecular flexibility index (Phi) is 19.1. The van der Waals surface area contributed by atoms with E-state index in [1.165, 1.54) is 14.2 Å². The molecule has 0 fully saturated rings. The van der Waals surface area contributed by atoms with Crippen molar-refractivity contribution in [2.75, 3.05) is 61.4 Å². The van der Waals surface area contributed by atoms with E-state index < -0.39 is 39.8 Å². The lowest BCUT2D eigenvalue weighted by molar-refractivity contribution is 0.327. The van der Waals surface area contributed by atoms with Crippen LogP contribution in [0.1, 0.15) is 181 Å². The van der Waals surface area contributed by atoms with E-state index in [1.54, 1.807) is 62.8 Å². The number of fused-ring (bicyclic) bond motifs is 26. The number of benzene rings is 11. The third-order valence-corrected chi connectivity index (χ3v) is 27.2. The highest BCUT2D eigenvalue weighted by molar-refractivity contribution is 6.03. The average Bonchev–Trinajstić information content (AvgIpc) is 1.51. The van der Waals surface area contributed by atoms with Crippen LogP contribution in [0.2, 0.25) is 0 Å². The normalized spacial score (nSPS) is 17.2. The van der Waals surface area contributed by atoms with Gasteiger partial charge in [-0.15, -0.1) is 0 Å². The Labute approximate surface area is 749 Å². The summed E-state index contributed by atoms with van der Waals surface area (Å²) < 4.78 is 113. The van der Waals surface area contributed by atoms with Crippen LogP contribution >= 0.6 is 0 Å². The summed E-state index contributed by atoms with van der Waals surface area (Å²) in [5.41, 5.74) is 13.0. The zero-order chi connectivity index (χ0) is 93.9. The molecule has 0 radical (unpaired) electrons. The quantitative estimate of drug-likeness (QED) is 0.0351. The lowest BCUT2D eigenvalue weighted by Crippen LogP contribution is -2.46. The number of aromatic hydroxyl groups is 8. The SMILES string of the molecule is CC1(C)CC2(CC(C)(C)c3cc(O)c(O)cc32)c2cc(O)c(O)cc21.COc1cc2c(cc1OC)N1Cc3cc4oc5c(C#N)c6oc7cc8c(cc7oc6c(C#N)c5oc4cc3N(C2)C1)C1(CC(C)(C)c2cc3c(cc21)Oc1c(C#N)c(OC)c(OC)c(C#N)c1O3)CC8(C)C.N#Cc1c(F)c(F)c(C#N)c(F)c1F.Oc1cc2c(cc1O)N1Cc3cc(O)c(O)cc3N(C2)C1. The maximum atomic E-state index is 12.7. The highest BCUT2D eigenvalue weighted by Gasteiger charge is 2.59.